The van der Waals surface area contributed by atoms with Crippen molar-refractivity contribution in [3.05, 3.63) is 60.8 Å². The lowest BCUT2D eigenvalue weighted by atomic mass is 10.0. The lowest BCUT2D eigenvalue weighted by Gasteiger charge is -2.18. The molecule has 0 rings (SSSR count). The van der Waals surface area contributed by atoms with Gasteiger partial charge in [0.2, 0.25) is 0 Å². The van der Waals surface area contributed by atoms with E-state index in [1.165, 1.54) is 128 Å². The second-order valence-electron chi connectivity index (χ2n) is 16.3. The molecule has 0 amide bonds. The molecule has 0 aromatic heterocycles. The number of allylic oxidation sites excluding steroid dienone is 10. The van der Waals surface area contributed by atoms with E-state index in [-0.39, 0.29) is 25.2 Å². The smallest absolute Gasteiger partial charge is 0.306 e. The Morgan fingerprint density at radius 2 is 0.776 bits per heavy atom. The first-order chi connectivity index (χ1) is 28.6. The van der Waals surface area contributed by atoms with Gasteiger partial charge < -0.3 is 14.2 Å². The predicted molar refractivity (Wildman–Crippen MR) is 251 cm³/mol. The van der Waals surface area contributed by atoms with E-state index in [1.807, 2.05) is 0 Å². The Labute approximate surface area is 360 Å². The molecule has 58 heavy (non-hydrogen) atoms. The molecule has 0 aliphatic heterocycles. The first-order valence-electron chi connectivity index (χ1n) is 24.8. The van der Waals surface area contributed by atoms with Gasteiger partial charge in [-0.25, -0.2) is 0 Å². The Morgan fingerprint density at radius 1 is 0.397 bits per heavy atom. The van der Waals surface area contributed by atoms with Gasteiger partial charge in [0.25, 0.3) is 0 Å². The third-order valence-corrected chi connectivity index (χ3v) is 10.5. The molecular formula is C53H94O5. The van der Waals surface area contributed by atoms with Crippen molar-refractivity contribution in [3.63, 3.8) is 0 Å². The third kappa shape index (κ3) is 46.3. The molecule has 0 spiro atoms. The Bertz CT molecular complexity index is 1010. The highest BCUT2D eigenvalue weighted by Gasteiger charge is 2.17. The van der Waals surface area contributed by atoms with E-state index < -0.39 is 6.10 Å². The maximum absolute atomic E-state index is 12.8. The number of ether oxygens (including phenoxy) is 3. The van der Waals surface area contributed by atoms with Gasteiger partial charge in [-0.1, -0.05) is 210 Å². The van der Waals surface area contributed by atoms with Crippen molar-refractivity contribution in [2.45, 2.75) is 245 Å². The summed E-state index contributed by atoms with van der Waals surface area (Å²) in [5.74, 6) is -0.431. The maximum atomic E-state index is 12.8. The van der Waals surface area contributed by atoms with Crippen LogP contribution in [0.3, 0.4) is 0 Å². The summed E-state index contributed by atoms with van der Waals surface area (Å²) in [5, 5.41) is 0. The molecule has 336 valence electrons. The van der Waals surface area contributed by atoms with Crippen LogP contribution in [0.4, 0.5) is 0 Å². The largest absolute Gasteiger partial charge is 0.462 e. The number of carbonyl (C=O) groups is 2. The fraction of sp³-hybridized carbons (Fsp3) is 0.774. The highest BCUT2D eigenvalue weighted by atomic mass is 16.6. The molecule has 1 atom stereocenters. The van der Waals surface area contributed by atoms with Gasteiger partial charge in [0.1, 0.15) is 6.61 Å². The first kappa shape index (κ1) is 55.6. The molecule has 5 heteroatoms. The molecule has 0 bridgehead atoms. The van der Waals surface area contributed by atoms with Gasteiger partial charge in [-0.15, -0.1) is 0 Å². The van der Waals surface area contributed by atoms with Crippen LogP contribution in [0.1, 0.15) is 239 Å². The van der Waals surface area contributed by atoms with Crippen LogP contribution < -0.4 is 0 Å². The van der Waals surface area contributed by atoms with Crippen molar-refractivity contribution < 1.29 is 23.8 Å². The number of hydrogen-bond donors (Lipinski definition) is 0. The summed E-state index contributed by atoms with van der Waals surface area (Å²) in [6.45, 7) is 7.58. The minimum absolute atomic E-state index is 0.0606. The minimum Gasteiger partial charge on any atom is -0.462 e. The summed E-state index contributed by atoms with van der Waals surface area (Å²) in [5.41, 5.74) is 0. The molecule has 0 aliphatic carbocycles. The molecule has 0 fully saturated rings. The number of carbonyl (C=O) groups excluding carboxylic acids is 2. The van der Waals surface area contributed by atoms with Crippen LogP contribution in [0, 0.1) is 0 Å². The van der Waals surface area contributed by atoms with Crippen molar-refractivity contribution in [1.29, 1.82) is 0 Å². The van der Waals surface area contributed by atoms with Crippen LogP contribution in [0.15, 0.2) is 60.8 Å². The second kappa shape index (κ2) is 49.0. The highest BCUT2D eigenvalue weighted by molar-refractivity contribution is 5.70. The quantitative estimate of drug-likeness (QED) is 0.0348. The minimum atomic E-state index is -0.565. The van der Waals surface area contributed by atoms with Crippen molar-refractivity contribution in [3.8, 4) is 0 Å². The number of hydrogen-bond acceptors (Lipinski definition) is 5. The average Bonchev–Trinajstić information content (AvgIpc) is 3.22. The fourth-order valence-electron chi connectivity index (χ4n) is 6.86. The average molecular weight is 811 g/mol. The van der Waals surface area contributed by atoms with Gasteiger partial charge in [0.05, 0.1) is 6.61 Å². The maximum Gasteiger partial charge on any atom is 0.306 e. The standard InChI is InChI=1S/C53H94O5/c1-4-7-10-13-16-19-22-25-27-29-31-34-37-40-43-46-52(54)57-50-51(49-56-48-45-42-39-36-33-30-26-23-20-17-14-11-8-5-2)58-53(55)47-44-41-38-35-32-28-24-21-18-15-12-9-6-3/h8,11,17,20,25-27,30,36,39,51H,4-7,9-10,12-16,18-19,21-24,28-29,31-35,37-38,40-50H2,1-3H3/b11-8-,20-17-,27-25-,30-26-,39-36-. The Kier molecular flexibility index (Phi) is 46.9. The molecule has 0 saturated carbocycles. The van der Waals surface area contributed by atoms with Crippen LogP contribution in [-0.2, 0) is 23.8 Å². The fourth-order valence-corrected chi connectivity index (χ4v) is 6.86. The molecule has 0 saturated heterocycles. The van der Waals surface area contributed by atoms with Gasteiger partial charge in [-0.2, -0.15) is 0 Å². The zero-order chi connectivity index (χ0) is 42.1. The van der Waals surface area contributed by atoms with Gasteiger partial charge in [-0.3, -0.25) is 9.59 Å². The molecule has 0 N–H and O–H groups in total. The summed E-state index contributed by atoms with van der Waals surface area (Å²) in [6, 6.07) is 0. The second-order valence-corrected chi connectivity index (χ2v) is 16.3. The van der Waals surface area contributed by atoms with E-state index >= 15 is 0 Å². The van der Waals surface area contributed by atoms with Crippen molar-refractivity contribution in [2.24, 2.45) is 0 Å². The Morgan fingerprint density at radius 3 is 1.26 bits per heavy atom. The van der Waals surface area contributed by atoms with E-state index in [2.05, 4.69) is 81.5 Å². The SMILES string of the molecule is CC/C=C\C/C=C\C/C=C\C/C=C\CCCOCC(COC(=O)CCCCCCC/C=C\CCCCCCCC)OC(=O)CCCCCCCCCCCCCCC. The van der Waals surface area contributed by atoms with Crippen LogP contribution >= 0.6 is 0 Å². The monoisotopic (exact) mass is 811 g/mol. The topological polar surface area (TPSA) is 61.8 Å². The van der Waals surface area contributed by atoms with E-state index in [1.54, 1.807) is 0 Å². The summed E-state index contributed by atoms with van der Waals surface area (Å²) in [7, 11) is 0. The van der Waals surface area contributed by atoms with Crippen LogP contribution in [-0.4, -0.2) is 37.9 Å². The van der Waals surface area contributed by atoms with Crippen molar-refractivity contribution in [2.75, 3.05) is 19.8 Å². The van der Waals surface area contributed by atoms with Crippen molar-refractivity contribution in [1.82, 2.24) is 0 Å². The Balaban J connectivity index is 4.34. The molecule has 5 nitrogen and oxygen atoms in total. The molecule has 0 aromatic rings. The van der Waals surface area contributed by atoms with E-state index in [9.17, 15) is 9.59 Å². The van der Waals surface area contributed by atoms with Crippen LogP contribution in [0.2, 0.25) is 0 Å². The van der Waals surface area contributed by atoms with E-state index in [0.717, 1.165) is 77.0 Å². The molecule has 0 aliphatic rings. The molecule has 0 aromatic carbocycles. The first-order valence-corrected chi connectivity index (χ1v) is 24.8. The zero-order valence-electron chi connectivity index (χ0n) is 38.6. The molecule has 1 unspecified atom stereocenters. The van der Waals surface area contributed by atoms with Crippen LogP contribution in [0.25, 0.3) is 0 Å². The molecule has 0 radical (unpaired) electrons. The molecular weight excluding hydrogens is 717 g/mol. The van der Waals surface area contributed by atoms with Gasteiger partial charge in [0.15, 0.2) is 6.10 Å². The summed E-state index contributed by atoms with van der Waals surface area (Å²) < 4.78 is 17.3. The van der Waals surface area contributed by atoms with Gasteiger partial charge in [-0.05, 0) is 77.0 Å². The predicted octanol–water partition coefficient (Wildman–Crippen LogP) is 16.6. The summed E-state index contributed by atoms with van der Waals surface area (Å²) in [6.07, 6.45) is 60.9. The zero-order valence-corrected chi connectivity index (χ0v) is 38.6. The van der Waals surface area contributed by atoms with Gasteiger partial charge in [0, 0.05) is 19.4 Å². The van der Waals surface area contributed by atoms with Crippen LogP contribution in [0.5, 0.6) is 0 Å². The van der Waals surface area contributed by atoms with E-state index in [0.29, 0.717) is 19.4 Å². The summed E-state index contributed by atoms with van der Waals surface area (Å²) in [4.78, 5) is 25.3. The lowest BCUT2D eigenvalue weighted by Crippen LogP contribution is -2.30. The normalized spacial score (nSPS) is 12.7. The third-order valence-electron chi connectivity index (χ3n) is 10.5. The highest BCUT2D eigenvalue weighted by Crippen LogP contribution is 2.14. The molecule has 0 heterocycles. The number of rotatable bonds is 45. The Hall–Kier alpha value is -2.40. The number of esters is 2. The summed E-state index contributed by atoms with van der Waals surface area (Å²) >= 11 is 0. The van der Waals surface area contributed by atoms with E-state index in [4.69, 9.17) is 14.2 Å². The number of unbranched alkanes of at least 4 members (excludes halogenated alkanes) is 24. The van der Waals surface area contributed by atoms with Crippen molar-refractivity contribution >= 4 is 11.9 Å². The lowest BCUT2D eigenvalue weighted by molar-refractivity contribution is -0.163. The van der Waals surface area contributed by atoms with Gasteiger partial charge >= 0.3 is 11.9 Å².